The number of carbonyl (C=O) groups excluding carboxylic acids is 1. The SMILES string of the molecule is CN(CC/C=C1/CC[C@@]2(O)[C@H]3Cc4ccc(O)c5c4[C@@]2(CCN3CC2CC2)[C@H]1O5)CCC(Oc1ccc(C(F)(F)F)cc1)c1ccccc1.CN(CCC=P(c1ccccc1)(c1ccccc1)c1ccccc1)CCC(Oc1ccc(C(F)(F)F)cc1)c1ccccc1.CN(CCCBr)CCC(Oc1ccc(C(F)(F)F)cc1)c1ccccc1.CNCCC(Oc1ccc(C(F)(F)F)cc1)c1ccccc1.O=CCBr. The third-order valence-corrected chi connectivity index (χ3v) is 32.2. The van der Waals surface area contributed by atoms with Gasteiger partial charge in [0.15, 0.2) is 11.5 Å². The number of phenols is 1. The Morgan fingerprint density at radius 1 is 0.462 bits per heavy atom. The van der Waals surface area contributed by atoms with E-state index in [0.29, 0.717) is 53.3 Å². The van der Waals surface area contributed by atoms with Gasteiger partial charge in [-0.25, -0.2) is 0 Å². The number of carbonyl (C=O) groups is 1. The predicted octanol–water partition coefficient (Wildman–Crippen LogP) is 26.7. The largest absolute Gasteiger partial charge is 0.504 e. The monoisotopic (exact) mass is 2150 g/mol. The first-order valence-electron chi connectivity index (χ1n) is 49.1. The number of aliphatic hydroxyl groups is 1. The lowest BCUT2D eigenvalue weighted by Crippen LogP contribution is -2.75. The number of benzene rings is 12. The molecule has 0 amide bonds. The van der Waals surface area contributed by atoms with Gasteiger partial charge in [-0.3, -0.25) is 4.90 Å². The summed E-state index contributed by atoms with van der Waals surface area (Å²) in [5.41, 5.74) is 3.28. The Hall–Kier alpha value is -11.0. The van der Waals surface area contributed by atoms with Gasteiger partial charge < -0.3 is 58.7 Å². The first-order chi connectivity index (χ1) is 69.7. The molecule has 3 fully saturated rings. The lowest BCUT2D eigenvalue weighted by atomic mass is 9.48. The van der Waals surface area contributed by atoms with Crippen molar-refractivity contribution >= 4 is 66.7 Å². The molecule has 2 bridgehead atoms. The minimum Gasteiger partial charge on any atom is -0.504 e. The van der Waals surface area contributed by atoms with Gasteiger partial charge in [-0.2, -0.15) is 52.7 Å². The maximum absolute atomic E-state index is 13.1. The minimum atomic E-state index is -4.39. The Labute approximate surface area is 860 Å². The Bertz CT molecular complexity index is 5920. The van der Waals surface area contributed by atoms with Gasteiger partial charge in [-0.1, -0.05) is 262 Å². The van der Waals surface area contributed by atoms with Gasteiger partial charge in [0.1, 0.15) is 59.8 Å². The van der Waals surface area contributed by atoms with E-state index in [1.165, 1.54) is 88.4 Å². The number of phenolic OH excluding ortho intramolecular Hbond substituents is 1. The number of alkyl halides is 14. The molecule has 13 nitrogen and oxygen atoms in total. The maximum Gasteiger partial charge on any atom is 0.416 e. The third kappa shape index (κ3) is 30.2. The van der Waals surface area contributed by atoms with E-state index in [0.717, 1.165) is 204 Å². The molecule has 8 atom stereocenters. The number of nitrogens with zero attached hydrogens (tertiary/aromatic N) is 4. The van der Waals surface area contributed by atoms with Crippen LogP contribution in [0.15, 0.2) is 333 Å². The molecule has 28 heteroatoms. The van der Waals surface area contributed by atoms with Gasteiger partial charge in [0.25, 0.3) is 0 Å². The molecule has 1 saturated heterocycles. The Morgan fingerprint density at radius 3 is 1.14 bits per heavy atom. The van der Waals surface area contributed by atoms with Crippen LogP contribution in [0.2, 0.25) is 0 Å². The van der Waals surface area contributed by atoms with E-state index in [9.17, 15) is 62.9 Å². The van der Waals surface area contributed by atoms with Gasteiger partial charge in [0, 0.05) is 81.9 Å². The minimum absolute atomic E-state index is 0.0611. The highest BCUT2D eigenvalue weighted by Gasteiger charge is 2.72. The van der Waals surface area contributed by atoms with Crippen LogP contribution in [0.1, 0.15) is 157 Å². The fourth-order valence-electron chi connectivity index (χ4n) is 19.6. The van der Waals surface area contributed by atoms with E-state index in [-0.39, 0.29) is 42.3 Å². The Morgan fingerprint density at radius 2 is 0.807 bits per heavy atom. The molecule has 5 aliphatic rings. The highest BCUT2D eigenvalue weighted by molar-refractivity contribution is 9.09. The van der Waals surface area contributed by atoms with E-state index >= 15 is 0 Å². The number of halogens is 14. The van der Waals surface area contributed by atoms with Crippen molar-refractivity contribution < 1.29 is 91.4 Å². The third-order valence-electron chi connectivity index (χ3n) is 27.2. The number of hydrogen-bond acceptors (Lipinski definition) is 13. The molecule has 770 valence electrons. The van der Waals surface area contributed by atoms with Crippen LogP contribution in [0.3, 0.4) is 0 Å². The maximum atomic E-state index is 13.1. The fraction of sp³-hybridized carbons (Fsp3) is 0.350. The van der Waals surface area contributed by atoms with Crippen molar-refractivity contribution in [2.24, 2.45) is 5.92 Å². The van der Waals surface area contributed by atoms with Crippen molar-refractivity contribution in [3.05, 3.63) is 389 Å². The lowest BCUT2D eigenvalue weighted by Gasteiger charge is -2.63. The smallest absolute Gasteiger partial charge is 0.416 e. The van der Waals surface area contributed by atoms with Crippen LogP contribution in [0, 0.1) is 5.92 Å². The van der Waals surface area contributed by atoms with E-state index in [1.54, 1.807) is 6.07 Å². The van der Waals surface area contributed by atoms with Crippen LogP contribution < -0.4 is 44.9 Å². The van der Waals surface area contributed by atoms with Crippen molar-refractivity contribution in [1.82, 2.24) is 24.9 Å². The highest BCUT2D eigenvalue weighted by Crippen LogP contribution is 2.67. The second kappa shape index (κ2) is 52.6. The average Bonchev–Trinajstić information content (AvgIpc) is 1.51. The summed E-state index contributed by atoms with van der Waals surface area (Å²) in [6.45, 7) is 5.71. The van der Waals surface area contributed by atoms with Gasteiger partial charge in [0.2, 0.25) is 0 Å². The number of aldehydes is 1. The van der Waals surface area contributed by atoms with Crippen LogP contribution in [0.25, 0.3) is 0 Å². The quantitative estimate of drug-likeness (QED) is 0.0111. The van der Waals surface area contributed by atoms with E-state index in [4.69, 9.17) is 28.5 Å². The summed E-state index contributed by atoms with van der Waals surface area (Å²) in [6, 6.07) is 94.8. The molecular weight excluding hydrogens is 2020 g/mol. The summed E-state index contributed by atoms with van der Waals surface area (Å²) in [7, 11) is 8.09. The van der Waals surface area contributed by atoms with Crippen LogP contribution in [-0.4, -0.2) is 157 Å². The molecule has 12 aromatic carbocycles. The zero-order valence-electron chi connectivity index (χ0n) is 81.7. The normalized spacial score (nSPS) is 18.0. The van der Waals surface area contributed by atoms with Crippen molar-refractivity contribution in [1.29, 1.82) is 0 Å². The molecule has 0 aromatic heterocycles. The molecule has 145 heavy (non-hydrogen) atoms. The fourth-order valence-corrected chi connectivity index (χ4v) is 23.8. The molecule has 4 unspecified atom stereocenters. The Kier molecular flexibility index (Phi) is 40.3. The summed E-state index contributed by atoms with van der Waals surface area (Å²) in [5.74, 6) is 5.71. The molecule has 3 aliphatic carbocycles. The van der Waals surface area contributed by atoms with Crippen molar-refractivity contribution in [2.45, 2.75) is 156 Å². The molecule has 2 heterocycles. The number of likely N-dealkylation sites (tertiary alicyclic amines) is 1. The van der Waals surface area contributed by atoms with Crippen molar-refractivity contribution in [2.75, 3.05) is 97.8 Å². The summed E-state index contributed by atoms with van der Waals surface area (Å²) >= 11 is 6.31. The summed E-state index contributed by atoms with van der Waals surface area (Å²) in [5, 5.41) is 32.1. The van der Waals surface area contributed by atoms with Crippen molar-refractivity contribution in [3.63, 3.8) is 0 Å². The molecule has 3 N–H and O–H groups in total. The lowest BCUT2D eigenvalue weighted by molar-refractivity contribution is -0.174. The van der Waals surface area contributed by atoms with Crippen molar-refractivity contribution in [3.8, 4) is 34.5 Å². The van der Waals surface area contributed by atoms with Crippen LogP contribution in [0.4, 0.5) is 52.7 Å². The number of ether oxygens (including phenoxy) is 5. The molecule has 12 aromatic rings. The number of piperidine rings is 1. The highest BCUT2D eigenvalue weighted by atomic mass is 79.9. The van der Waals surface area contributed by atoms with Crippen LogP contribution in [-0.2, 0) is 41.3 Å². The number of hydrogen-bond donors (Lipinski definition) is 3. The number of aromatic hydroxyl groups is 1. The van der Waals surface area contributed by atoms with E-state index in [1.807, 2.05) is 134 Å². The van der Waals surface area contributed by atoms with Crippen LogP contribution in [0.5, 0.6) is 34.5 Å². The molecule has 2 saturated carbocycles. The van der Waals surface area contributed by atoms with E-state index < -0.39 is 64.9 Å². The number of rotatable bonds is 39. The summed E-state index contributed by atoms with van der Waals surface area (Å²) < 4.78 is 185. The molecule has 0 radical (unpaired) electrons. The molecule has 2 aliphatic heterocycles. The molecule has 1 spiro atoms. The van der Waals surface area contributed by atoms with Gasteiger partial charge in [-0.15, -0.1) is 0 Å². The van der Waals surface area contributed by atoms with Gasteiger partial charge >= 0.3 is 24.7 Å². The molecular formula is C117H126Br2F12N5O8P. The predicted molar refractivity (Wildman–Crippen MR) is 561 cm³/mol. The average molecular weight is 2150 g/mol. The first-order valence-corrected chi connectivity index (χ1v) is 53.2. The van der Waals surface area contributed by atoms with Crippen LogP contribution >= 0.6 is 38.7 Å². The topological polar surface area (TPSA) is 129 Å². The number of nitrogens with one attached hydrogen (secondary N) is 1. The zero-order valence-corrected chi connectivity index (χ0v) is 85.8. The molecule has 17 rings (SSSR count). The summed E-state index contributed by atoms with van der Waals surface area (Å²) in [4.78, 5) is 18.5. The first kappa shape index (κ1) is 111. The summed E-state index contributed by atoms with van der Waals surface area (Å²) in [6.07, 6.45) is -4.42. The zero-order chi connectivity index (χ0) is 103. The van der Waals surface area contributed by atoms with Gasteiger partial charge in [0.05, 0.1) is 38.6 Å². The second-order valence-electron chi connectivity index (χ2n) is 37.2. The standard InChI is InChI=1S/C40H45F3N2O4.C38H37F3NOP.C20H23BrF3NO.C17H18F3NO.C2H3BrO/c1-44(22-18-33(27-6-3-2-4-7-27)48-31-14-12-30(13-15-31)40(41,42)43)21-5-8-28-17-19-39(47)34-24-29-11-16-32(46)36-35(29)38(39,37(28)49-36)20-23-45(34)25-26-9-10-26;1-42(29-27-37(31-15-6-2-7-16-31)43-33-25-23-32(24-26-33)38(39,40)41)28-14-30-44(34-17-8-3-9-18-34,35-19-10-4-11-20-35)36-21-12-5-13-22-36;1-25(14-5-13-21)15-12-19(16-6-3-2-4-7-16)26-18-10-8-17(9-11-18)20(22,23)24;1-21-12-11-16(13-5-3-2-4-6-13)22-15-9-7-14(8-10-15)17(18,19)20;3-1-2-4/h2-4,6-8,11-16,26,33-34,37,46-47H,5,9-10,17-25H2,1H3;2-13,15-26,30,37H,14,27-29H2,1H3;2-4,6-11,19H,5,12-15H2,1H3;2-10,16,21H,11-12H2,1H3;2H,1H2/b28-8-;;;;/t33?,34-,37+,38+,39-;;;;/m1..../s1. The second-order valence-corrected chi connectivity index (χ2v) is 42.0. The van der Waals surface area contributed by atoms with Gasteiger partial charge in [-0.05, 0) is 271 Å². The Balaban J connectivity index is 0.000000168. The van der Waals surface area contributed by atoms with E-state index in [2.05, 4.69) is 181 Å².